The average Bonchev–Trinajstić information content (AvgIpc) is 2.35. The van der Waals surface area contributed by atoms with Crippen LogP contribution in [0.25, 0.3) is 0 Å². The first-order valence-electron chi connectivity index (χ1n) is 6.27. The first kappa shape index (κ1) is 14.9. The molecule has 0 aliphatic heterocycles. The molecule has 17 heavy (non-hydrogen) atoms. The molecule has 1 aromatic carbocycles. The topological polar surface area (TPSA) is 0 Å². The van der Waals surface area contributed by atoms with E-state index < -0.39 is 0 Å². The van der Waals surface area contributed by atoms with Gasteiger partial charge in [0.05, 0.1) is 0 Å². The Labute approximate surface area is 115 Å². The fraction of sp³-hybridized carbons (Fsp3) is 0.600. The molecule has 0 aliphatic rings. The maximum absolute atomic E-state index is 6.23. The predicted octanol–water partition coefficient (Wildman–Crippen LogP) is 5.15. The third-order valence-electron chi connectivity index (χ3n) is 3.58. The summed E-state index contributed by atoms with van der Waals surface area (Å²) >= 11 is 12.5. The second kappa shape index (κ2) is 6.66. The second-order valence-electron chi connectivity index (χ2n) is 5.13. The zero-order chi connectivity index (χ0) is 12.9. The van der Waals surface area contributed by atoms with Crippen molar-refractivity contribution in [1.82, 2.24) is 0 Å². The fourth-order valence-corrected chi connectivity index (χ4v) is 3.02. The summed E-state index contributed by atoms with van der Waals surface area (Å²) in [5.74, 6) is 1.82. The van der Waals surface area contributed by atoms with E-state index in [1.54, 1.807) is 0 Å². The van der Waals surface area contributed by atoms with E-state index in [2.05, 4.69) is 45.0 Å². The summed E-state index contributed by atoms with van der Waals surface area (Å²) in [7, 11) is 0. The van der Waals surface area contributed by atoms with Gasteiger partial charge in [0, 0.05) is 17.2 Å². The molecule has 0 bridgehead atoms. The molecule has 0 nitrogen and oxygen atoms in total. The van der Waals surface area contributed by atoms with Crippen molar-refractivity contribution in [2.24, 2.45) is 5.92 Å². The summed E-state index contributed by atoms with van der Waals surface area (Å²) in [5.41, 5.74) is 2.47. The summed E-state index contributed by atoms with van der Waals surface area (Å²) < 4.78 is 0. The van der Waals surface area contributed by atoms with Crippen molar-refractivity contribution in [1.29, 1.82) is 0 Å². The Kier molecular flexibility index (Phi) is 5.82. The number of halogens is 2. The van der Waals surface area contributed by atoms with Crippen molar-refractivity contribution in [2.75, 3.05) is 11.8 Å². The Morgan fingerprint density at radius 3 is 2.35 bits per heavy atom. The molecule has 96 valence electrons. The smallest absolute Gasteiger partial charge is 0.0332 e. The molecule has 0 aliphatic carbocycles. The largest absolute Gasteiger partial charge is 0.126 e. The van der Waals surface area contributed by atoms with Crippen LogP contribution in [-0.2, 0) is 5.41 Å². The molecule has 1 unspecified atom stereocenters. The first-order chi connectivity index (χ1) is 8.07. The quantitative estimate of drug-likeness (QED) is 0.629. The van der Waals surface area contributed by atoms with Crippen LogP contribution < -0.4 is 0 Å². The molecule has 1 rings (SSSR count). The van der Waals surface area contributed by atoms with Crippen molar-refractivity contribution in [3.8, 4) is 0 Å². The zero-order valence-corrected chi connectivity index (χ0v) is 12.5. The van der Waals surface area contributed by atoms with Gasteiger partial charge in [0.1, 0.15) is 0 Å². The molecule has 0 amide bonds. The molecule has 0 N–H and O–H groups in total. The Morgan fingerprint density at radius 1 is 1.24 bits per heavy atom. The number of benzene rings is 1. The van der Waals surface area contributed by atoms with Gasteiger partial charge in [-0.15, -0.1) is 23.2 Å². The summed E-state index contributed by atoms with van der Waals surface area (Å²) in [6, 6.07) is 8.57. The molecular weight excluding hydrogens is 251 g/mol. The van der Waals surface area contributed by atoms with E-state index in [9.17, 15) is 0 Å². The zero-order valence-electron chi connectivity index (χ0n) is 11.0. The van der Waals surface area contributed by atoms with Crippen LogP contribution in [0.1, 0.15) is 37.8 Å². The third-order valence-corrected chi connectivity index (χ3v) is 4.60. The van der Waals surface area contributed by atoms with Crippen LogP contribution in [0.3, 0.4) is 0 Å². The normalized spacial score (nSPS) is 13.7. The number of alkyl halides is 2. The molecule has 0 heterocycles. The molecule has 0 fully saturated rings. The van der Waals surface area contributed by atoms with E-state index in [0.717, 1.165) is 6.42 Å². The van der Waals surface area contributed by atoms with E-state index >= 15 is 0 Å². The minimum absolute atomic E-state index is 0.0788. The maximum atomic E-state index is 6.23. The highest BCUT2D eigenvalue weighted by atomic mass is 35.5. The Morgan fingerprint density at radius 2 is 1.88 bits per heavy atom. The van der Waals surface area contributed by atoms with Gasteiger partial charge in [0.15, 0.2) is 0 Å². The molecule has 0 saturated heterocycles. The van der Waals surface area contributed by atoms with Crippen molar-refractivity contribution in [2.45, 2.75) is 39.0 Å². The second-order valence-corrected chi connectivity index (χ2v) is 5.67. The monoisotopic (exact) mass is 272 g/mol. The lowest BCUT2D eigenvalue weighted by atomic mass is 9.76. The lowest BCUT2D eigenvalue weighted by Crippen LogP contribution is -2.32. The Hall–Kier alpha value is -0.200. The van der Waals surface area contributed by atoms with E-state index in [0.29, 0.717) is 17.7 Å². The van der Waals surface area contributed by atoms with Gasteiger partial charge in [-0.1, -0.05) is 50.1 Å². The number of rotatable bonds is 6. The average molecular weight is 273 g/mol. The summed E-state index contributed by atoms with van der Waals surface area (Å²) in [4.78, 5) is 0. The van der Waals surface area contributed by atoms with Crippen LogP contribution in [-0.4, -0.2) is 11.8 Å². The highest BCUT2D eigenvalue weighted by Gasteiger charge is 2.32. The molecule has 1 aromatic rings. The lowest BCUT2D eigenvalue weighted by molar-refractivity contribution is 0.380. The molecule has 0 aromatic heterocycles. The summed E-state index contributed by atoms with van der Waals surface area (Å²) in [6.07, 6.45) is 2.22. The lowest BCUT2D eigenvalue weighted by Gasteiger charge is -2.33. The van der Waals surface area contributed by atoms with Crippen LogP contribution in [0.2, 0.25) is 0 Å². The van der Waals surface area contributed by atoms with Gasteiger partial charge < -0.3 is 0 Å². The molecule has 1 atom stereocenters. The minimum atomic E-state index is -0.0788. The molecule has 2 heteroatoms. The van der Waals surface area contributed by atoms with Crippen LogP contribution in [0.15, 0.2) is 24.3 Å². The number of hydrogen-bond donors (Lipinski definition) is 0. The Bertz CT molecular complexity index is 343. The van der Waals surface area contributed by atoms with Gasteiger partial charge >= 0.3 is 0 Å². The van der Waals surface area contributed by atoms with E-state index in [1.165, 1.54) is 17.5 Å². The number of aryl methyl sites for hydroxylation is 1. The van der Waals surface area contributed by atoms with Crippen molar-refractivity contribution >= 4 is 23.2 Å². The third kappa shape index (κ3) is 3.63. The highest BCUT2D eigenvalue weighted by Crippen LogP contribution is 2.35. The van der Waals surface area contributed by atoms with Crippen LogP contribution >= 0.6 is 23.2 Å². The van der Waals surface area contributed by atoms with E-state index in [-0.39, 0.29) is 5.41 Å². The predicted molar refractivity (Wildman–Crippen MR) is 78.4 cm³/mol. The van der Waals surface area contributed by atoms with Gasteiger partial charge in [0.2, 0.25) is 0 Å². The molecule has 0 saturated carbocycles. The van der Waals surface area contributed by atoms with Gasteiger partial charge in [0.25, 0.3) is 0 Å². The Balaban J connectivity index is 3.06. The van der Waals surface area contributed by atoms with E-state index in [1.807, 2.05) is 0 Å². The molecule has 0 spiro atoms. The van der Waals surface area contributed by atoms with Crippen molar-refractivity contribution in [3.63, 3.8) is 0 Å². The number of hydrogen-bond acceptors (Lipinski definition) is 0. The van der Waals surface area contributed by atoms with Gasteiger partial charge in [-0.3, -0.25) is 0 Å². The maximum Gasteiger partial charge on any atom is 0.0332 e. The summed E-state index contributed by atoms with van der Waals surface area (Å²) in [5, 5.41) is 0. The molecular formula is C15H22Cl2. The minimum Gasteiger partial charge on any atom is -0.126 e. The SMILES string of the molecule is CCC(C)CC(CCl)(CCl)c1cccc(C)c1. The van der Waals surface area contributed by atoms with Gasteiger partial charge in [-0.05, 0) is 24.8 Å². The van der Waals surface area contributed by atoms with Gasteiger partial charge in [-0.25, -0.2) is 0 Å². The van der Waals surface area contributed by atoms with Crippen molar-refractivity contribution in [3.05, 3.63) is 35.4 Å². The van der Waals surface area contributed by atoms with Gasteiger partial charge in [-0.2, -0.15) is 0 Å². The van der Waals surface area contributed by atoms with Crippen molar-refractivity contribution < 1.29 is 0 Å². The first-order valence-corrected chi connectivity index (χ1v) is 7.34. The van der Waals surface area contributed by atoms with Crippen LogP contribution in [0, 0.1) is 12.8 Å². The van der Waals surface area contributed by atoms with E-state index in [4.69, 9.17) is 23.2 Å². The highest BCUT2D eigenvalue weighted by molar-refractivity contribution is 6.22. The fourth-order valence-electron chi connectivity index (χ4n) is 2.20. The van der Waals surface area contributed by atoms with Crippen LogP contribution in [0.5, 0.6) is 0 Å². The standard InChI is InChI=1S/C15H22Cl2/c1-4-12(2)9-15(10-16,11-17)14-7-5-6-13(3)8-14/h5-8,12H,4,9-11H2,1-3H3. The summed E-state index contributed by atoms with van der Waals surface area (Å²) in [6.45, 7) is 6.59. The molecule has 0 radical (unpaired) electrons. The van der Waals surface area contributed by atoms with Crippen LogP contribution in [0.4, 0.5) is 0 Å².